The first-order valence-electron chi connectivity index (χ1n) is 6.06. The van der Waals surface area contributed by atoms with Crippen molar-refractivity contribution in [2.75, 3.05) is 32.8 Å². The van der Waals surface area contributed by atoms with Gasteiger partial charge in [0.1, 0.15) is 0 Å². The highest BCUT2D eigenvalue weighted by Crippen LogP contribution is 2.38. The summed E-state index contributed by atoms with van der Waals surface area (Å²) in [5.74, 6) is 0. The second-order valence-corrected chi connectivity index (χ2v) is 4.63. The van der Waals surface area contributed by atoms with Crippen molar-refractivity contribution in [1.29, 1.82) is 0 Å². The Morgan fingerprint density at radius 2 is 1.57 bits per heavy atom. The van der Waals surface area contributed by atoms with E-state index >= 15 is 0 Å². The van der Waals surface area contributed by atoms with Crippen molar-refractivity contribution in [3.63, 3.8) is 0 Å². The standard InChI is InChI=1S/C9H17NO.C3H8/c1-2-10-5-3-9(4-6-10)7-11-8-9;1-3-2/h2-8H2,1H3;3H2,1-2H3. The number of hydrogen-bond donors (Lipinski definition) is 0. The van der Waals surface area contributed by atoms with Crippen LogP contribution in [-0.4, -0.2) is 37.7 Å². The first-order chi connectivity index (χ1) is 6.76. The van der Waals surface area contributed by atoms with Crippen LogP contribution in [0.3, 0.4) is 0 Å². The number of nitrogens with zero attached hydrogens (tertiary/aromatic N) is 1. The highest BCUT2D eigenvalue weighted by molar-refractivity contribution is 4.90. The Morgan fingerprint density at radius 1 is 1.07 bits per heavy atom. The van der Waals surface area contributed by atoms with Crippen LogP contribution in [0.4, 0.5) is 0 Å². The fourth-order valence-corrected chi connectivity index (χ4v) is 2.02. The van der Waals surface area contributed by atoms with Crippen LogP contribution in [0.2, 0.25) is 0 Å². The molecule has 0 unspecified atom stereocenters. The third kappa shape index (κ3) is 2.96. The Balaban J connectivity index is 0.000000293. The van der Waals surface area contributed by atoms with E-state index < -0.39 is 0 Å². The van der Waals surface area contributed by atoms with Crippen LogP contribution in [0.15, 0.2) is 0 Å². The molecule has 2 heterocycles. The van der Waals surface area contributed by atoms with Crippen LogP contribution < -0.4 is 0 Å². The largest absolute Gasteiger partial charge is 0.380 e. The lowest BCUT2D eigenvalue weighted by atomic mass is 9.77. The third-order valence-corrected chi connectivity index (χ3v) is 3.18. The number of ether oxygens (including phenoxy) is 1. The molecule has 2 aliphatic heterocycles. The first-order valence-corrected chi connectivity index (χ1v) is 6.06. The topological polar surface area (TPSA) is 12.5 Å². The van der Waals surface area contributed by atoms with Crippen LogP contribution in [-0.2, 0) is 4.74 Å². The van der Waals surface area contributed by atoms with E-state index in [1.165, 1.54) is 38.9 Å². The Bertz CT molecular complexity index is 144. The predicted octanol–water partition coefficient (Wildman–Crippen LogP) is 2.54. The van der Waals surface area contributed by atoms with Crippen LogP contribution >= 0.6 is 0 Å². The minimum absolute atomic E-state index is 0.617. The Labute approximate surface area is 88.6 Å². The molecule has 0 radical (unpaired) electrons. The lowest BCUT2D eigenvalue weighted by molar-refractivity contribution is -0.139. The van der Waals surface area contributed by atoms with Gasteiger partial charge in [0.2, 0.25) is 0 Å². The average molecular weight is 199 g/mol. The molecule has 0 amide bonds. The Morgan fingerprint density at radius 3 is 1.86 bits per heavy atom. The molecule has 2 saturated heterocycles. The zero-order valence-corrected chi connectivity index (χ0v) is 10.0. The summed E-state index contributed by atoms with van der Waals surface area (Å²) in [7, 11) is 0. The summed E-state index contributed by atoms with van der Waals surface area (Å²) < 4.78 is 5.27. The lowest BCUT2D eigenvalue weighted by Gasteiger charge is -2.47. The average Bonchev–Trinajstić information content (AvgIpc) is 2.17. The fourth-order valence-electron chi connectivity index (χ4n) is 2.02. The van der Waals surface area contributed by atoms with E-state index in [0.29, 0.717) is 5.41 Å². The molecule has 0 aromatic heterocycles. The van der Waals surface area contributed by atoms with Crippen molar-refractivity contribution in [3.8, 4) is 0 Å². The van der Waals surface area contributed by atoms with Crippen molar-refractivity contribution in [2.45, 2.75) is 40.0 Å². The quantitative estimate of drug-likeness (QED) is 0.643. The van der Waals surface area contributed by atoms with Crippen molar-refractivity contribution in [3.05, 3.63) is 0 Å². The maximum absolute atomic E-state index is 5.27. The van der Waals surface area contributed by atoms with Gasteiger partial charge in [-0.25, -0.2) is 0 Å². The Kier molecular flexibility index (Phi) is 4.90. The summed E-state index contributed by atoms with van der Waals surface area (Å²) in [4.78, 5) is 2.53. The smallest absolute Gasteiger partial charge is 0.0545 e. The monoisotopic (exact) mass is 199 g/mol. The lowest BCUT2D eigenvalue weighted by Crippen LogP contribution is -2.50. The zero-order valence-electron chi connectivity index (χ0n) is 10.0. The van der Waals surface area contributed by atoms with Gasteiger partial charge in [0, 0.05) is 5.41 Å². The summed E-state index contributed by atoms with van der Waals surface area (Å²) in [6.45, 7) is 12.4. The molecule has 2 aliphatic rings. The molecule has 84 valence electrons. The molecule has 2 rings (SSSR count). The van der Waals surface area contributed by atoms with Gasteiger partial charge in [0.25, 0.3) is 0 Å². The van der Waals surface area contributed by atoms with Crippen LogP contribution in [0.5, 0.6) is 0 Å². The molecule has 14 heavy (non-hydrogen) atoms. The van der Waals surface area contributed by atoms with Crippen molar-refractivity contribution < 1.29 is 4.74 Å². The fraction of sp³-hybridized carbons (Fsp3) is 1.00. The molecule has 0 aromatic rings. The molecule has 0 saturated carbocycles. The number of likely N-dealkylation sites (tertiary alicyclic amines) is 1. The second-order valence-electron chi connectivity index (χ2n) is 4.63. The van der Waals surface area contributed by atoms with Gasteiger partial charge in [-0.1, -0.05) is 27.2 Å². The van der Waals surface area contributed by atoms with Gasteiger partial charge in [0.15, 0.2) is 0 Å². The first kappa shape index (κ1) is 12.0. The SMILES string of the molecule is CCC.CCN1CCC2(CC1)COC2. The molecule has 0 aliphatic carbocycles. The molecule has 0 aromatic carbocycles. The minimum atomic E-state index is 0.617. The highest BCUT2D eigenvalue weighted by Gasteiger charge is 2.40. The maximum Gasteiger partial charge on any atom is 0.0545 e. The maximum atomic E-state index is 5.27. The molecular weight excluding hydrogens is 174 g/mol. The summed E-state index contributed by atoms with van der Waals surface area (Å²) in [5, 5.41) is 0. The summed E-state index contributed by atoms with van der Waals surface area (Å²) >= 11 is 0. The molecule has 2 fully saturated rings. The summed E-state index contributed by atoms with van der Waals surface area (Å²) in [5.41, 5.74) is 0.617. The third-order valence-electron chi connectivity index (χ3n) is 3.18. The Hall–Kier alpha value is -0.0800. The number of hydrogen-bond acceptors (Lipinski definition) is 2. The number of piperidine rings is 1. The molecule has 1 spiro atoms. The van der Waals surface area contributed by atoms with Gasteiger partial charge in [-0.15, -0.1) is 0 Å². The van der Waals surface area contributed by atoms with Crippen molar-refractivity contribution >= 4 is 0 Å². The van der Waals surface area contributed by atoms with Gasteiger partial charge in [-0.05, 0) is 32.5 Å². The van der Waals surface area contributed by atoms with E-state index in [1.54, 1.807) is 0 Å². The predicted molar refractivity (Wildman–Crippen MR) is 60.6 cm³/mol. The molecule has 2 nitrogen and oxygen atoms in total. The van der Waals surface area contributed by atoms with Crippen LogP contribution in [0.1, 0.15) is 40.0 Å². The molecule has 0 N–H and O–H groups in total. The van der Waals surface area contributed by atoms with Crippen LogP contribution in [0.25, 0.3) is 0 Å². The molecule has 0 atom stereocenters. The van der Waals surface area contributed by atoms with Crippen molar-refractivity contribution in [1.82, 2.24) is 4.90 Å². The van der Waals surface area contributed by atoms with E-state index in [0.717, 1.165) is 13.2 Å². The minimum Gasteiger partial charge on any atom is -0.380 e. The molecular formula is C12H25NO. The zero-order chi connectivity index (χ0) is 10.4. The van der Waals surface area contributed by atoms with E-state index in [1.807, 2.05) is 0 Å². The van der Waals surface area contributed by atoms with E-state index in [9.17, 15) is 0 Å². The van der Waals surface area contributed by atoms with Crippen molar-refractivity contribution in [2.24, 2.45) is 5.41 Å². The van der Waals surface area contributed by atoms with Crippen LogP contribution in [0, 0.1) is 5.41 Å². The van der Waals surface area contributed by atoms with Gasteiger partial charge < -0.3 is 9.64 Å². The van der Waals surface area contributed by atoms with Gasteiger partial charge in [-0.2, -0.15) is 0 Å². The molecule has 0 bridgehead atoms. The van der Waals surface area contributed by atoms with Gasteiger partial charge >= 0.3 is 0 Å². The van der Waals surface area contributed by atoms with Gasteiger partial charge in [-0.3, -0.25) is 0 Å². The number of rotatable bonds is 1. The van der Waals surface area contributed by atoms with E-state index in [-0.39, 0.29) is 0 Å². The summed E-state index contributed by atoms with van der Waals surface area (Å²) in [6.07, 6.45) is 3.97. The second kappa shape index (κ2) is 5.72. The highest BCUT2D eigenvalue weighted by atomic mass is 16.5. The van der Waals surface area contributed by atoms with E-state index in [4.69, 9.17) is 4.74 Å². The summed E-state index contributed by atoms with van der Waals surface area (Å²) in [6, 6.07) is 0. The van der Waals surface area contributed by atoms with Gasteiger partial charge in [0.05, 0.1) is 13.2 Å². The normalized spacial score (nSPS) is 25.1. The molecule has 2 heteroatoms. The van der Waals surface area contributed by atoms with E-state index in [2.05, 4.69) is 25.7 Å².